The van der Waals surface area contributed by atoms with Gasteiger partial charge in [-0.2, -0.15) is 4.98 Å². The van der Waals surface area contributed by atoms with Crippen molar-refractivity contribution in [3.63, 3.8) is 0 Å². The predicted octanol–water partition coefficient (Wildman–Crippen LogP) is 3.07. The Morgan fingerprint density at radius 2 is 2.20 bits per heavy atom. The summed E-state index contributed by atoms with van der Waals surface area (Å²) in [7, 11) is 0. The van der Waals surface area contributed by atoms with Crippen LogP contribution in [0.3, 0.4) is 0 Å². The molecule has 0 aliphatic carbocycles. The zero-order valence-corrected chi connectivity index (χ0v) is 12.0. The van der Waals surface area contributed by atoms with Crippen molar-refractivity contribution in [2.24, 2.45) is 5.92 Å². The summed E-state index contributed by atoms with van der Waals surface area (Å²) in [5.41, 5.74) is 0.938. The fourth-order valence-corrected chi connectivity index (χ4v) is 2.63. The molecule has 20 heavy (non-hydrogen) atoms. The molecule has 3 rings (SSSR count). The zero-order chi connectivity index (χ0) is 13.9. The lowest BCUT2D eigenvalue weighted by Gasteiger charge is -2.21. The van der Waals surface area contributed by atoms with Crippen LogP contribution >= 0.6 is 0 Å². The summed E-state index contributed by atoms with van der Waals surface area (Å²) < 4.78 is 5.23. The number of nitrogens with zero attached hydrogens (tertiary/aromatic N) is 4. The molecule has 106 valence electrons. The molecule has 0 radical (unpaired) electrons. The molecule has 0 spiro atoms. The van der Waals surface area contributed by atoms with E-state index in [0.717, 1.165) is 30.4 Å². The van der Waals surface area contributed by atoms with E-state index in [9.17, 15) is 0 Å². The minimum atomic E-state index is 0.564. The summed E-state index contributed by atoms with van der Waals surface area (Å²) in [5, 5.41) is 3.84. The molecule has 0 amide bonds. The molecular weight excluding hydrogens is 252 g/mol. The van der Waals surface area contributed by atoms with Crippen LogP contribution in [0.2, 0.25) is 0 Å². The highest BCUT2D eigenvalue weighted by Crippen LogP contribution is 2.24. The van der Waals surface area contributed by atoms with Crippen LogP contribution in [0.5, 0.6) is 0 Å². The van der Waals surface area contributed by atoms with Gasteiger partial charge in [-0.15, -0.1) is 0 Å². The topological polar surface area (TPSA) is 55.1 Å². The third-order valence-corrected chi connectivity index (χ3v) is 3.86. The maximum absolute atomic E-state index is 5.23. The van der Waals surface area contributed by atoms with Crippen LogP contribution in [-0.2, 0) is 0 Å². The first-order valence-electron chi connectivity index (χ1n) is 7.24. The normalized spacial score (nSPS) is 19.9. The summed E-state index contributed by atoms with van der Waals surface area (Å²) in [5.74, 6) is 3.03. The van der Waals surface area contributed by atoms with Crippen LogP contribution in [-0.4, -0.2) is 28.2 Å². The number of hydrogen-bond acceptors (Lipinski definition) is 5. The molecule has 0 saturated carbocycles. The molecule has 0 bridgehead atoms. The Morgan fingerprint density at radius 1 is 1.30 bits per heavy atom. The summed E-state index contributed by atoms with van der Waals surface area (Å²) >= 11 is 0. The number of rotatable bonds is 2. The average Bonchev–Trinajstić information content (AvgIpc) is 2.77. The minimum absolute atomic E-state index is 0.564. The number of anilines is 1. The molecule has 2 aromatic rings. The van der Waals surface area contributed by atoms with Gasteiger partial charge in [0.05, 0.1) is 0 Å². The molecule has 3 heterocycles. The number of aryl methyl sites for hydroxylation is 1. The van der Waals surface area contributed by atoms with Crippen molar-refractivity contribution >= 4 is 5.82 Å². The molecule has 1 unspecified atom stereocenters. The van der Waals surface area contributed by atoms with Gasteiger partial charge in [0, 0.05) is 24.8 Å². The highest BCUT2D eigenvalue weighted by atomic mass is 16.5. The SMILES string of the molecule is Cc1noc(-c2ccnc(N3CCCC(C)CC3)c2)n1. The number of hydrogen-bond donors (Lipinski definition) is 0. The maximum Gasteiger partial charge on any atom is 0.258 e. The van der Waals surface area contributed by atoms with E-state index in [-0.39, 0.29) is 0 Å². The van der Waals surface area contributed by atoms with Crippen molar-refractivity contribution < 1.29 is 4.52 Å². The molecule has 1 saturated heterocycles. The second-order valence-corrected chi connectivity index (χ2v) is 5.57. The summed E-state index contributed by atoms with van der Waals surface area (Å²) in [6.45, 7) is 6.30. The van der Waals surface area contributed by atoms with E-state index in [1.165, 1.54) is 19.3 Å². The lowest BCUT2D eigenvalue weighted by Crippen LogP contribution is -2.25. The highest BCUT2D eigenvalue weighted by molar-refractivity contribution is 5.58. The van der Waals surface area contributed by atoms with Crippen LogP contribution in [0.4, 0.5) is 5.82 Å². The summed E-state index contributed by atoms with van der Waals surface area (Å²) in [6, 6.07) is 3.96. The van der Waals surface area contributed by atoms with Crippen LogP contribution in [0.1, 0.15) is 32.0 Å². The van der Waals surface area contributed by atoms with Crippen molar-refractivity contribution in [2.45, 2.75) is 33.1 Å². The van der Waals surface area contributed by atoms with E-state index in [1.807, 2.05) is 25.3 Å². The minimum Gasteiger partial charge on any atom is -0.357 e. The Kier molecular flexibility index (Phi) is 3.67. The van der Waals surface area contributed by atoms with Crippen molar-refractivity contribution in [3.05, 3.63) is 24.2 Å². The molecule has 0 N–H and O–H groups in total. The molecular formula is C15H20N4O. The molecule has 1 aliphatic heterocycles. The zero-order valence-electron chi connectivity index (χ0n) is 12.0. The van der Waals surface area contributed by atoms with Gasteiger partial charge < -0.3 is 9.42 Å². The van der Waals surface area contributed by atoms with Crippen LogP contribution in [0.15, 0.2) is 22.9 Å². The van der Waals surface area contributed by atoms with E-state index >= 15 is 0 Å². The van der Waals surface area contributed by atoms with Gasteiger partial charge in [0.1, 0.15) is 5.82 Å². The largest absolute Gasteiger partial charge is 0.357 e. The first-order valence-corrected chi connectivity index (χ1v) is 7.24. The highest BCUT2D eigenvalue weighted by Gasteiger charge is 2.16. The fraction of sp³-hybridized carbons (Fsp3) is 0.533. The van der Waals surface area contributed by atoms with Gasteiger partial charge in [-0.25, -0.2) is 4.98 Å². The smallest absolute Gasteiger partial charge is 0.258 e. The fourth-order valence-electron chi connectivity index (χ4n) is 2.63. The number of pyridine rings is 1. The third kappa shape index (κ3) is 2.81. The van der Waals surface area contributed by atoms with E-state index < -0.39 is 0 Å². The first-order chi connectivity index (χ1) is 9.72. The molecule has 1 fully saturated rings. The Bertz CT molecular complexity index is 581. The van der Waals surface area contributed by atoms with Gasteiger partial charge in [-0.05, 0) is 44.2 Å². The molecule has 0 aromatic carbocycles. The second-order valence-electron chi connectivity index (χ2n) is 5.57. The molecule has 2 aromatic heterocycles. The van der Waals surface area contributed by atoms with Crippen molar-refractivity contribution in [2.75, 3.05) is 18.0 Å². The van der Waals surface area contributed by atoms with Crippen molar-refractivity contribution in [1.29, 1.82) is 0 Å². The summed E-state index contributed by atoms with van der Waals surface area (Å²) in [4.78, 5) is 11.1. The van der Waals surface area contributed by atoms with Gasteiger partial charge >= 0.3 is 0 Å². The molecule has 1 atom stereocenters. The molecule has 5 nitrogen and oxygen atoms in total. The first kappa shape index (κ1) is 13.1. The van der Waals surface area contributed by atoms with Crippen LogP contribution in [0, 0.1) is 12.8 Å². The lowest BCUT2D eigenvalue weighted by molar-refractivity contribution is 0.425. The van der Waals surface area contributed by atoms with E-state index in [2.05, 4.69) is 26.9 Å². The van der Waals surface area contributed by atoms with Gasteiger partial charge in [-0.1, -0.05) is 12.1 Å². The Balaban J connectivity index is 1.83. The van der Waals surface area contributed by atoms with Crippen LogP contribution in [0.25, 0.3) is 11.5 Å². The van der Waals surface area contributed by atoms with Crippen molar-refractivity contribution in [1.82, 2.24) is 15.1 Å². The third-order valence-electron chi connectivity index (χ3n) is 3.86. The molecule has 1 aliphatic rings. The van der Waals surface area contributed by atoms with Crippen LogP contribution < -0.4 is 4.90 Å². The second kappa shape index (κ2) is 5.61. The Morgan fingerprint density at radius 3 is 3.00 bits per heavy atom. The van der Waals surface area contributed by atoms with Gasteiger partial charge in [-0.3, -0.25) is 0 Å². The average molecular weight is 272 g/mol. The number of aromatic nitrogens is 3. The molecule has 5 heteroatoms. The van der Waals surface area contributed by atoms with Gasteiger partial charge in [0.25, 0.3) is 5.89 Å². The quantitative estimate of drug-likeness (QED) is 0.841. The predicted molar refractivity (Wildman–Crippen MR) is 77.5 cm³/mol. The van der Waals surface area contributed by atoms with E-state index in [0.29, 0.717) is 11.7 Å². The maximum atomic E-state index is 5.23. The van der Waals surface area contributed by atoms with E-state index in [1.54, 1.807) is 0 Å². The van der Waals surface area contributed by atoms with Gasteiger partial charge in [0.2, 0.25) is 0 Å². The van der Waals surface area contributed by atoms with Crippen molar-refractivity contribution in [3.8, 4) is 11.5 Å². The monoisotopic (exact) mass is 272 g/mol. The summed E-state index contributed by atoms with van der Waals surface area (Å²) in [6.07, 6.45) is 5.58. The lowest BCUT2D eigenvalue weighted by atomic mass is 10.0. The van der Waals surface area contributed by atoms with E-state index in [4.69, 9.17) is 4.52 Å². The Labute approximate surface area is 119 Å². The Hall–Kier alpha value is -1.91. The van der Waals surface area contributed by atoms with Gasteiger partial charge in [0.15, 0.2) is 5.82 Å². The standard InChI is InChI=1S/C15H20N4O/c1-11-4-3-8-19(9-6-11)14-10-13(5-7-16-14)15-17-12(2)18-20-15/h5,7,10-11H,3-4,6,8-9H2,1-2H3.